The van der Waals surface area contributed by atoms with Crippen LogP contribution in [-0.2, 0) is 0 Å². The van der Waals surface area contributed by atoms with Crippen molar-refractivity contribution in [2.75, 3.05) is 6.54 Å². The largest absolute Gasteiger partial charge is 0.573 e. The number of carbonyl (C=O) groups excluding carboxylic acids is 1. The summed E-state index contributed by atoms with van der Waals surface area (Å²) in [5.74, 6) is -4.83. The fourth-order valence-electron chi connectivity index (χ4n) is 4.09. The van der Waals surface area contributed by atoms with Crippen LogP contribution in [0.1, 0.15) is 55.3 Å². The predicted octanol–water partition coefficient (Wildman–Crippen LogP) is 4.79. The van der Waals surface area contributed by atoms with Gasteiger partial charge in [-0.1, -0.05) is 0 Å². The molecule has 0 spiro atoms. The van der Waals surface area contributed by atoms with Crippen molar-refractivity contribution in [3.8, 4) is 5.75 Å². The summed E-state index contributed by atoms with van der Waals surface area (Å²) in [7, 11) is 0. The molecule has 2 fully saturated rings. The highest BCUT2D eigenvalue weighted by Crippen LogP contribution is 2.36. The van der Waals surface area contributed by atoms with Crippen LogP contribution in [0.4, 0.5) is 26.3 Å². The summed E-state index contributed by atoms with van der Waals surface area (Å²) in [6, 6.07) is 2.16. The molecule has 1 aromatic rings. The first-order valence-corrected chi connectivity index (χ1v) is 9.97. The van der Waals surface area contributed by atoms with E-state index in [-0.39, 0.29) is 36.4 Å². The molecule has 168 valence electrons. The van der Waals surface area contributed by atoms with Crippen LogP contribution in [0.5, 0.6) is 5.75 Å². The van der Waals surface area contributed by atoms with Gasteiger partial charge in [0.1, 0.15) is 11.6 Å². The van der Waals surface area contributed by atoms with E-state index in [0.717, 1.165) is 18.6 Å². The first-order valence-electron chi connectivity index (χ1n) is 9.97. The van der Waals surface area contributed by atoms with E-state index >= 15 is 0 Å². The Bertz CT molecular complexity index is 745. The molecule has 2 N–H and O–H groups in total. The van der Waals surface area contributed by atoms with Crippen molar-refractivity contribution < 1.29 is 35.9 Å². The average Bonchev–Trinajstić information content (AvgIpc) is 3.06. The topological polar surface area (TPSA) is 50.4 Å². The van der Waals surface area contributed by atoms with Gasteiger partial charge in [-0.25, -0.2) is 13.2 Å². The van der Waals surface area contributed by atoms with E-state index in [9.17, 15) is 31.1 Å². The van der Waals surface area contributed by atoms with Gasteiger partial charge in [-0.2, -0.15) is 0 Å². The Morgan fingerprint density at radius 3 is 2.40 bits per heavy atom. The fraction of sp³-hybridized carbons (Fsp3) is 0.650. The van der Waals surface area contributed by atoms with E-state index in [1.807, 2.05) is 0 Å². The van der Waals surface area contributed by atoms with Gasteiger partial charge >= 0.3 is 6.36 Å². The molecule has 0 radical (unpaired) electrons. The van der Waals surface area contributed by atoms with Crippen molar-refractivity contribution in [3.63, 3.8) is 0 Å². The van der Waals surface area contributed by atoms with E-state index < -0.39 is 29.8 Å². The third-order valence-corrected chi connectivity index (χ3v) is 5.67. The summed E-state index contributed by atoms with van der Waals surface area (Å²) in [4.78, 5) is 12.3. The molecule has 0 saturated heterocycles. The zero-order chi connectivity index (χ0) is 21.9. The summed E-state index contributed by atoms with van der Waals surface area (Å²) in [5, 5.41) is 6.07. The Morgan fingerprint density at radius 1 is 1.07 bits per heavy atom. The second kappa shape index (κ2) is 9.03. The Morgan fingerprint density at radius 2 is 1.73 bits per heavy atom. The van der Waals surface area contributed by atoms with Crippen LogP contribution in [0.3, 0.4) is 0 Å². The van der Waals surface area contributed by atoms with E-state index in [2.05, 4.69) is 15.4 Å². The van der Waals surface area contributed by atoms with Crippen LogP contribution in [0.2, 0.25) is 0 Å². The van der Waals surface area contributed by atoms with Gasteiger partial charge in [-0.3, -0.25) is 4.79 Å². The molecule has 0 bridgehead atoms. The summed E-state index contributed by atoms with van der Waals surface area (Å²) in [5.41, 5.74) is -0.256. The van der Waals surface area contributed by atoms with Gasteiger partial charge in [0.2, 0.25) is 5.92 Å². The SMILES string of the molecule is O=C(N[C@H]1CC[C@H](NCC2CCC(F)(F)CC2)C1)c1cc(F)cc(OC(F)(F)F)c1. The number of nitrogens with one attached hydrogen (secondary N) is 2. The minimum Gasteiger partial charge on any atom is -0.406 e. The lowest BCUT2D eigenvalue weighted by Gasteiger charge is -2.29. The Labute approximate surface area is 170 Å². The maximum Gasteiger partial charge on any atom is 0.573 e. The van der Waals surface area contributed by atoms with Gasteiger partial charge in [-0.15, -0.1) is 13.2 Å². The summed E-state index contributed by atoms with van der Waals surface area (Å²) in [6.07, 6.45) is -2.15. The Kier molecular flexibility index (Phi) is 6.84. The highest BCUT2D eigenvalue weighted by molar-refractivity contribution is 5.94. The number of carbonyl (C=O) groups is 1. The van der Waals surface area contributed by atoms with Gasteiger partial charge in [-0.05, 0) is 56.7 Å². The fourth-order valence-corrected chi connectivity index (χ4v) is 4.09. The molecule has 3 rings (SSSR count). The summed E-state index contributed by atoms with van der Waals surface area (Å²) >= 11 is 0. The molecular formula is C20H24F6N2O2. The van der Waals surface area contributed by atoms with E-state index in [1.165, 1.54) is 0 Å². The lowest BCUT2D eigenvalue weighted by Crippen LogP contribution is -2.37. The van der Waals surface area contributed by atoms with Crippen molar-refractivity contribution in [1.82, 2.24) is 10.6 Å². The second-order valence-corrected chi connectivity index (χ2v) is 8.11. The lowest BCUT2D eigenvalue weighted by atomic mass is 9.86. The van der Waals surface area contributed by atoms with Gasteiger partial charge in [0.25, 0.3) is 5.91 Å². The summed E-state index contributed by atoms with van der Waals surface area (Å²) < 4.78 is 80.7. The van der Waals surface area contributed by atoms with Crippen LogP contribution in [0.15, 0.2) is 18.2 Å². The number of halogens is 6. The molecule has 0 heterocycles. The predicted molar refractivity (Wildman–Crippen MR) is 96.9 cm³/mol. The van der Waals surface area contributed by atoms with Gasteiger partial charge < -0.3 is 15.4 Å². The summed E-state index contributed by atoms with van der Waals surface area (Å²) in [6.45, 7) is 0.642. The van der Waals surface area contributed by atoms with Crippen molar-refractivity contribution in [2.45, 2.75) is 69.3 Å². The van der Waals surface area contributed by atoms with Crippen molar-refractivity contribution >= 4 is 5.91 Å². The van der Waals surface area contributed by atoms with Crippen LogP contribution in [0.25, 0.3) is 0 Å². The van der Waals surface area contributed by atoms with E-state index in [4.69, 9.17) is 0 Å². The Hall–Kier alpha value is -1.97. The van der Waals surface area contributed by atoms with E-state index in [1.54, 1.807) is 0 Å². The van der Waals surface area contributed by atoms with Crippen LogP contribution in [0, 0.1) is 11.7 Å². The monoisotopic (exact) mass is 438 g/mol. The number of hydrogen-bond donors (Lipinski definition) is 2. The van der Waals surface area contributed by atoms with Crippen LogP contribution >= 0.6 is 0 Å². The van der Waals surface area contributed by atoms with Crippen LogP contribution < -0.4 is 15.4 Å². The number of benzene rings is 1. The molecule has 30 heavy (non-hydrogen) atoms. The minimum atomic E-state index is -4.99. The molecule has 0 aliphatic heterocycles. The molecule has 1 amide bonds. The molecule has 4 nitrogen and oxygen atoms in total. The molecule has 2 aliphatic rings. The Balaban J connectivity index is 1.47. The molecule has 0 unspecified atom stereocenters. The molecule has 2 aliphatic carbocycles. The molecule has 1 aromatic carbocycles. The third kappa shape index (κ3) is 6.78. The average molecular weight is 438 g/mol. The van der Waals surface area contributed by atoms with Crippen LogP contribution in [-0.4, -0.2) is 36.8 Å². The molecule has 0 aromatic heterocycles. The van der Waals surface area contributed by atoms with Gasteiger partial charge in [0.15, 0.2) is 0 Å². The quantitative estimate of drug-likeness (QED) is 0.628. The maximum absolute atomic E-state index is 13.6. The van der Waals surface area contributed by atoms with Crippen molar-refractivity contribution in [3.05, 3.63) is 29.6 Å². The number of amides is 1. The molecular weight excluding hydrogens is 414 g/mol. The standard InChI is InChI=1S/C20H24F6N2O2/c21-14-7-13(8-17(9-14)30-20(24,25)26)18(29)28-16-2-1-15(10-16)27-11-12-3-5-19(22,23)6-4-12/h7-9,12,15-16,27H,1-6,10-11H2,(H,28,29)/t15-,16-/m0/s1. The zero-order valence-electron chi connectivity index (χ0n) is 16.2. The first-order chi connectivity index (χ1) is 14.0. The highest BCUT2D eigenvalue weighted by atomic mass is 19.4. The zero-order valence-corrected chi connectivity index (χ0v) is 16.2. The van der Waals surface area contributed by atoms with Gasteiger partial charge in [0.05, 0.1) is 0 Å². The molecule has 10 heteroatoms. The third-order valence-electron chi connectivity index (χ3n) is 5.67. The molecule has 2 saturated carbocycles. The number of alkyl halides is 5. The maximum atomic E-state index is 13.6. The second-order valence-electron chi connectivity index (χ2n) is 8.11. The number of hydrogen-bond acceptors (Lipinski definition) is 3. The number of ether oxygens (including phenoxy) is 1. The minimum absolute atomic E-state index is 0.0869. The molecule has 2 atom stereocenters. The first kappa shape index (κ1) is 22.7. The lowest BCUT2D eigenvalue weighted by molar-refractivity contribution is -0.274. The number of rotatable bonds is 6. The highest BCUT2D eigenvalue weighted by Gasteiger charge is 2.35. The van der Waals surface area contributed by atoms with Crippen molar-refractivity contribution in [2.24, 2.45) is 5.92 Å². The van der Waals surface area contributed by atoms with Gasteiger partial charge in [0, 0.05) is 36.6 Å². The van der Waals surface area contributed by atoms with E-state index in [0.29, 0.717) is 38.3 Å². The smallest absolute Gasteiger partial charge is 0.406 e. The van der Waals surface area contributed by atoms with Crippen molar-refractivity contribution in [1.29, 1.82) is 0 Å². The normalized spacial score (nSPS) is 24.6.